The van der Waals surface area contributed by atoms with Crippen LogP contribution in [-0.2, 0) is 16.1 Å². The van der Waals surface area contributed by atoms with Crippen LogP contribution in [0.4, 0.5) is 4.79 Å². The molecular formula is C9H13N5O4. The van der Waals surface area contributed by atoms with Gasteiger partial charge in [-0.3, -0.25) is 19.6 Å². The van der Waals surface area contributed by atoms with Crippen LogP contribution in [-0.4, -0.2) is 44.6 Å². The van der Waals surface area contributed by atoms with Crippen molar-refractivity contribution in [3.63, 3.8) is 0 Å². The average Bonchev–Trinajstić information content (AvgIpc) is 2.79. The molecule has 0 aromatic carbocycles. The normalized spacial score (nSPS) is 9.78. The van der Waals surface area contributed by atoms with Crippen LogP contribution < -0.4 is 10.6 Å². The molecule has 0 aliphatic rings. The molecule has 0 bridgehead atoms. The number of rotatable bonds is 6. The maximum atomic E-state index is 11.2. The van der Waals surface area contributed by atoms with Gasteiger partial charge < -0.3 is 10.4 Å². The number of amides is 3. The number of carbonyl (C=O) groups is 3. The van der Waals surface area contributed by atoms with E-state index in [0.29, 0.717) is 6.54 Å². The molecule has 0 saturated carbocycles. The lowest BCUT2D eigenvalue weighted by Gasteiger charge is -2.05. The first kappa shape index (κ1) is 13.6. The molecule has 3 N–H and O–H groups in total. The van der Waals surface area contributed by atoms with E-state index < -0.39 is 17.9 Å². The molecule has 0 spiro atoms. The van der Waals surface area contributed by atoms with Crippen molar-refractivity contribution < 1.29 is 19.5 Å². The third-order valence-electron chi connectivity index (χ3n) is 1.92. The molecule has 9 heteroatoms. The van der Waals surface area contributed by atoms with Crippen molar-refractivity contribution in [1.29, 1.82) is 0 Å². The van der Waals surface area contributed by atoms with Crippen LogP contribution in [0.15, 0.2) is 12.4 Å². The van der Waals surface area contributed by atoms with E-state index in [2.05, 4.69) is 15.6 Å². The van der Waals surface area contributed by atoms with Gasteiger partial charge in [0.1, 0.15) is 0 Å². The first-order valence-corrected chi connectivity index (χ1v) is 5.21. The van der Waals surface area contributed by atoms with E-state index >= 15 is 0 Å². The Labute approximate surface area is 102 Å². The van der Waals surface area contributed by atoms with Gasteiger partial charge in [-0.05, 0) is 0 Å². The maximum absolute atomic E-state index is 11.2. The number of carboxylic acids is 1. The minimum Gasteiger partial charge on any atom is -0.481 e. The van der Waals surface area contributed by atoms with E-state index in [4.69, 9.17) is 5.11 Å². The summed E-state index contributed by atoms with van der Waals surface area (Å²) < 4.78 is 1.52. The van der Waals surface area contributed by atoms with Crippen LogP contribution >= 0.6 is 0 Å². The largest absolute Gasteiger partial charge is 0.481 e. The Morgan fingerprint density at radius 2 is 2.06 bits per heavy atom. The van der Waals surface area contributed by atoms with Gasteiger partial charge in [0.2, 0.25) is 5.91 Å². The summed E-state index contributed by atoms with van der Waals surface area (Å²) in [7, 11) is 0. The average molecular weight is 255 g/mol. The highest BCUT2D eigenvalue weighted by Crippen LogP contribution is 1.88. The summed E-state index contributed by atoms with van der Waals surface area (Å²) in [6, 6.07) is -0.662. The Morgan fingerprint density at radius 3 is 2.67 bits per heavy atom. The summed E-state index contributed by atoms with van der Waals surface area (Å²) in [5.74, 6) is -1.72. The van der Waals surface area contributed by atoms with E-state index in [1.54, 1.807) is 6.20 Å². The Morgan fingerprint density at radius 1 is 1.28 bits per heavy atom. The molecule has 3 amide bonds. The number of hydrogen-bond acceptors (Lipinski definition) is 5. The van der Waals surface area contributed by atoms with Crippen LogP contribution in [0.2, 0.25) is 0 Å². The van der Waals surface area contributed by atoms with Gasteiger partial charge in [-0.2, -0.15) is 0 Å². The number of carboxylic acid groups (broad SMARTS) is 1. The third kappa shape index (κ3) is 5.58. The Hall–Kier alpha value is -2.45. The summed E-state index contributed by atoms with van der Waals surface area (Å²) in [6.07, 6.45) is 2.61. The topological polar surface area (TPSA) is 126 Å². The lowest BCUT2D eigenvalue weighted by molar-refractivity contribution is -0.138. The number of hydrogen-bond donors (Lipinski definition) is 3. The van der Waals surface area contributed by atoms with Gasteiger partial charge in [-0.1, -0.05) is 5.21 Å². The SMILES string of the molecule is O=C(O)CCC(=O)NC(=O)NCCn1ccnn1. The fourth-order valence-corrected chi connectivity index (χ4v) is 1.09. The highest BCUT2D eigenvalue weighted by atomic mass is 16.4. The van der Waals surface area contributed by atoms with Gasteiger partial charge in [-0.15, -0.1) is 5.10 Å². The number of imide groups is 1. The number of nitrogens with zero attached hydrogens (tertiary/aromatic N) is 3. The molecule has 0 saturated heterocycles. The molecule has 0 atom stereocenters. The summed E-state index contributed by atoms with van der Waals surface area (Å²) in [5, 5.41) is 20.1. The Kier molecular flexibility index (Phi) is 5.29. The molecule has 1 aromatic heterocycles. The number of urea groups is 1. The second kappa shape index (κ2) is 6.99. The van der Waals surface area contributed by atoms with Crippen LogP contribution in [0.3, 0.4) is 0 Å². The molecular weight excluding hydrogens is 242 g/mol. The van der Waals surface area contributed by atoms with Crippen molar-refractivity contribution in [2.24, 2.45) is 0 Å². The molecule has 0 aliphatic heterocycles. The lowest BCUT2D eigenvalue weighted by atomic mass is 10.3. The molecule has 1 rings (SSSR count). The fourth-order valence-electron chi connectivity index (χ4n) is 1.09. The van der Waals surface area contributed by atoms with Gasteiger partial charge in [0.25, 0.3) is 0 Å². The minimum atomic E-state index is -1.09. The van der Waals surface area contributed by atoms with E-state index in [1.165, 1.54) is 10.9 Å². The summed E-state index contributed by atoms with van der Waals surface area (Å²) in [5.41, 5.74) is 0. The van der Waals surface area contributed by atoms with Crippen LogP contribution in [0.25, 0.3) is 0 Å². The van der Waals surface area contributed by atoms with Crippen LogP contribution in [0.5, 0.6) is 0 Å². The van der Waals surface area contributed by atoms with Crippen molar-refractivity contribution in [3.05, 3.63) is 12.4 Å². The molecule has 9 nitrogen and oxygen atoms in total. The smallest absolute Gasteiger partial charge is 0.321 e. The molecule has 0 aliphatic carbocycles. The second-order valence-corrected chi connectivity index (χ2v) is 3.36. The predicted octanol–water partition coefficient (Wildman–Crippen LogP) is -1.03. The molecule has 0 fully saturated rings. The highest BCUT2D eigenvalue weighted by Gasteiger charge is 2.08. The van der Waals surface area contributed by atoms with Gasteiger partial charge in [0, 0.05) is 19.2 Å². The molecule has 98 valence electrons. The molecule has 1 aromatic rings. The number of nitrogens with one attached hydrogen (secondary N) is 2. The van der Waals surface area contributed by atoms with E-state index in [9.17, 15) is 14.4 Å². The van der Waals surface area contributed by atoms with Crippen molar-refractivity contribution in [3.8, 4) is 0 Å². The number of carbonyl (C=O) groups excluding carboxylic acids is 2. The zero-order valence-corrected chi connectivity index (χ0v) is 9.50. The van der Waals surface area contributed by atoms with Gasteiger partial charge in [0.05, 0.1) is 19.2 Å². The van der Waals surface area contributed by atoms with Gasteiger partial charge >= 0.3 is 12.0 Å². The maximum Gasteiger partial charge on any atom is 0.321 e. The predicted molar refractivity (Wildman–Crippen MR) is 58.4 cm³/mol. The van der Waals surface area contributed by atoms with Gasteiger partial charge in [0.15, 0.2) is 0 Å². The first-order valence-electron chi connectivity index (χ1n) is 5.21. The van der Waals surface area contributed by atoms with Crippen LogP contribution in [0, 0.1) is 0 Å². The summed E-state index contributed by atoms with van der Waals surface area (Å²) in [6.45, 7) is 0.706. The number of aromatic nitrogens is 3. The van der Waals surface area contributed by atoms with Gasteiger partial charge in [-0.25, -0.2) is 4.79 Å². The molecule has 0 unspecified atom stereocenters. The van der Waals surface area contributed by atoms with Crippen molar-refractivity contribution in [2.75, 3.05) is 6.54 Å². The zero-order valence-electron chi connectivity index (χ0n) is 9.50. The summed E-state index contributed by atoms with van der Waals surface area (Å²) >= 11 is 0. The molecule has 18 heavy (non-hydrogen) atoms. The zero-order chi connectivity index (χ0) is 13.4. The van der Waals surface area contributed by atoms with Crippen LogP contribution in [0.1, 0.15) is 12.8 Å². The monoisotopic (exact) mass is 255 g/mol. The van der Waals surface area contributed by atoms with Crippen molar-refractivity contribution in [2.45, 2.75) is 19.4 Å². The first-order chi connectivity index (χ1) is 8.58. The van der Waals surface area contributed by atoms with Crippen molar-refractivity contribution in [1.82, 2.24) is 25.6 Å². The Balaban J connectivity index is 2.13. The minimum absolute atomic E-state index is 0.230. The quantitative estimate of drug-likeness (QED) is 0.596. The highest BCUT2D eigenvalue weighted by molar-refractivity contribution is 5.95. The Bertz CT molecular complexity index is 417. The van der Waals surface area contributed by atoms with Crippen molar-refractivity contribution >= 4 is 17.9 Å². The second-order valence-electron chi connectivity index (χ2n) is 3.36. The van der Waals surface area contributed by atoms with E-state index in [1.807, 2.05) is 5.32 Å². The lowest BCUT2D eigenvalue weighted by Crippen LogP contribution is -2.40. The third-order valence-corrected chi connectivity index (χ3v) is 1.92. The molecule has 0 radical (unpaired) electrons. The number of aliphatic carboxylic acids is 1. The summed E-state index contributed by atoms with van der Waals surface area (Å²) in [4.78, 5) is 32.5. The standard InChI is InChI=1S/C9H13N5O4/c15-7(1-2-8(16)17)12-9(18)10-3-5-14-6-4-11-13-14/h4,6H,1-3,5H2,(H,16,17)(H2,10,12,15,18). The molecule has 1 heterocycles. The van der Waals surface area contributed by atoms with E-state index in [-0.39, 0.29) is 19.4 Å². The van der Waals surface area contributed by atoms with E-state index in [0.717, 1.165) is 0 Å². The fraction of sp³-hybridized carbons (Fsp3) is 0.444.